The number of hydrogen-bond acceptors (Lipinski definition) is 15. The van der Waals surface area contributed by atoms with Gasteiger partial charge in [0.05, 0.1) is 26.4 Å². The lowest BCUT2D eigenvalue weighted by Crippen LogP contribution is -2.30. The molecular formula is C86H168O17P2. The number of unbranched alkanes of at least 4 members (excludes halogenated alkanes) is 49. The molecule has 624 valence electrons. The minimum atomic E-state index is -4.97. The largest absolute Gasteiger partial charge is 0.472 e. The summed E-state index contributed by atoms with van der Waals surface area (Å²) in [5, 5.41) is 10.7. The first-order chi connectivity index (χ1) is 50.6. The molecule has 0 aromatic rings. The van der Waals surface area contributed by atoms with Crippen molar-refractivity contribution in [1.29, 1.82) is 0 Å². The highest BCUT2D eigenvalue weighted by Crippen LogP contribution is 2.45. The van der Waals surface area contributed by atoms with Gasteiger partial charge in [-0.1, -0.05) is 396 Å². The highest BCUT2D eigenvalue weighted by atomic mass is 31.2. The maximum Gasteiger partial charge on any atom is 0.472 e. The molecular weight excluding hydrogens is 1370 g/mol. The molecule has 0 saturated carbocycles. The molecule has 19 heteroatoms. The number of rotatable bonds is 83. The summed E-state index contributed by atoms with van der Waals surface area (Å²) < 4.78 is 68.9. The van der Waals surface area contributed by atoms with Crippen molar-refractivity contribution in [2.24, 2.45) is 23.7 Å². The lowest BCUT2D eigenvalue weighted by atomic mass is 10.0. The number of carbonyl (C=O) groups excluding carboxylic acids is 4. The van der Waals surface area contributed by atoms with E-state index in [1.165, 1.54) is 244 Å². The first-order valence-electron chi connectivity index (χ1n) is 44.2. The maximum absolute atomic E-state index is 13.1. The third-order valence-corrected chi connectivity index (χ3v) is 22.0. The third kappa shape index (κ3) is 79.9. The summed E-state index contributed by atoms with van der Waals surface area (Å²) in [6.07, 6.45) is 64.0. The van der Waals surface area contributed by atoms with Crippen molar-refractivity contribution in [2.75, 3.05) is 39.6 Å². The summed E-state index contributed by atoms with van der Waals surface area (Å²) in [7, 11) is -9.93. The van der Waals surface area contributed by atoms with Crippen molar-refractivity contribution in [3.8, 4) is 0 Å². The Morgan fingerprint density at radius 2 is 0.400 bits per heavy atom. The van der Waals surface area contributed by atoms with E-state index in [1.807, 2.05) is 0 Å². The van der Waals surface area contributed by atoms with Gasteiger partial charge in [0.15, 0.2) is 12.2 Å². The summed E-state index contributed by atoms with van der Waals surface area (Å²) in [5.74, 6) is 1.01. The van der Waals surface area contributed by atoms with Crippen LogP contribution in [-0.2, 0) is 65.4 Å². The molecule has 0 aromatic heterocycles. The Kier molecular flexibility index (Phi) is 73.4. The Hall–Kier alpha value is -1.94. The number of aliphatic hydroxyl groups excluding tert-OH is 1. The zero-order chi connectivity index (χ0) is 77.4. The van der Waals surface area contributed by atoms with E-state index in [9.17, 15) is 43.2 Å². The lowest BCUT2D eigenvalue weighted by Gasteiger charge is -2.21. The van der Waals surface area contributed by atoms with E-state index in [1.54, 1.807) is 0 Å². The van der Waals surface area contributed by atoms with Gasteiger partial charge in [-0.2, -0.15) is 0 Å². The quantitative estimate of drug-likeness (QED) is 0.0222. The van der Waals surface area contributed by atoms with Crippen molar-refractivity contribution >= 4 is 39.5 Å². The Morgan fingerprint density at radius 1 is 0.238 bits per heavy atom. The average Bonchev–Trinajstić information content (AvgIpc) is 0.905. The smallest absolute Gasteiger partial charge is 0.462 e. The second-order valence-electron chi connectivity index (χ2n) is 32.8. The number of phosphoric acid groups is 2. The zero-order valence-electron chi connectivity index (χ0n) is 69.4. The van der Waals surface area contributed by atoms with Crippen LogP contribution < -0.4 is 0 Å². The molecule has 3 N–H and O–H groups in total. The normalized spacial score (nSPS) is 13.9. The topological polar surface area (TPSA) is 237 Å². The van der Waals surface area contributed by atoms with Crippen LogP contribution in [0, 0.1) is 23.7 Å². The number of aliphatic hydroxyl groups is 1. The highest BCUT2D eigenvalue weighted by molar-refractivity contribution is 7.47. The van der Waals surface area contributed by atoms with E-state index >= 15 is 0 Å². The molecule has 0 aromatic carbocycles. The van der Waals surface area contributed by atoms with Gasteiger partial charge >= 0.3 is 39.5 Å². The van der Waals surface area contributed by atoms with E-state index < -0.39 is 97.5 Å². The molecule has 105 heavy (non-hydrogen) atoms. The van der Waals surface area contributed by atoms with Crippen LogP contribution in [0.1, 0.15) is 447 Å². The van der Waals surface area contributed by atoms with Crippen LogP contribution in [0.2, 0.25) is 0 Å². The van der Waals surface area contributed by atoms with Gasteiger partial charge in [0.1, 0.15) is 19.3 Å². The van der Waals surface area contributed by atoms with Crippen LogP contribution in [0.15, 0.2) is 0 Å². The van der Waals surface area contributed by atoms with Crippen LogP contribution in [0.5, 0.6) is 0 Å². The summed E-state index contributed by atoms with van der Waals surface area (Å²) in [5.41, 5.74) is 0. The Labute approximate surface area is 645 Å². The fraction of sp³-hybridized carbons (Fsp3) is 0.953. The molecule has 0 spiro atoms. The van der Waals surface area contributed by atoms with Crippen LogP contribution in [0.3, 0.4) is 0 Å². The Balaban J connectivity index is 5.22. The molecule has 17 nitrogen and oxygen atoms in total. The number of hydrogen-bond donors (Lipinski definition) is 3. The van der Waals surface area contributed by atoms with Crippen molar-refractivity contribution in [1.82, 2.24) is 0 Å². The second-order valence-corrected chi connectivity index (χ2v) is 35.7. The van der Waals surface area contributed by atoms with E-state index in [0.717, 1.165) is 114 Å². The van der Waals surface area contributed by atoms with Gasteiger partial charge in [-0.25, -0.2) is 9.13 Å². The minimum absolute atomic E-state index is 0.107. The molecule has 0 aliphatic heterocycles. The highest BCUT2D eigenvalue weighted by Gasteiger charge is 2.30. The van der Waals surface area contributed by atoms with Crippen LogP contribution in [-0.4, -0.2) is 96.7 Å². The van der Waals surface area contributed by atoms with E-state index in [0.29, 0.717) is 31.6 Å². The van der Waals surface area contributed by atoms with Crippen molar-refractivity contribution in [2.45, 2.75) is 465 Å². The summed E-state index contributed by atoms with van der Waals surface area (Å²) in [6, 6.07) is 0. The zero-order valence-corrected chi connectivity index (χ0v) is 71.2. The SMILES string of the molecule is CC(C)CCCCCCCCCCCCCCCCCCCCC(=O)OC[C@H](COP(=O)(O)OCC(O)COP(=O)(O)OC[C@@H](COC(=O)CCCCCCCCCC(C)C)OC(=O)CCCCCCCCCCCCCCCCC(C)C)OC(=O)CCCCCCCCCCCCCCCCC(C)C. The molecule has 3 unspecified atom stereocenters. The number of phosphoric ester groups is 2. The number of ether oxygens (including phenoxy) is 4. The van der Waals surface area contributed by atoms with Gasteiger partial charge in [-0.3, -0.25) is 37.3 Å². The lowest BCUT2D eigenvalue weighted by molar-refractivity contribution is -0.161. The van der Waals surface area contributed by atoms with Gasteiger partial charge in [0.25, 0.3) is 0 Å². The molecule has 0 fully saturated rings. The first kappa shape index (κ1) is 103. The predicted molar refractivity (Wildman–Crippen MR) is 432 cm³/mol. The molecule has 0 bridgehead atoms. The van der Waals surface area contributed by atoms with Gasteiger partial charge in [0.2, 0.25) is 0 Å². The standard InChI is InChI=1S/C86H168O17P2/c1-76(2)62-54-46-38-31-25-19-13-11-9-10-12-14-22-28-34-42-50-58-66-83(88)96-72-81(102-85(90)68-60-52-43-35-29-23-17-15-20-26-32-39-47-55-63-77(3)4)74-100-104(92,93)98-70-80(87)71-99-105(94,95)101-75-82(73-97-84(89)67-59-51-45-37-41-49-57-65-79(7)8)103-86(91)69-61-53-44-36-30-24-18-16-21-27-33-40-48-56-64-78(5)6/h76-82,87H,9-75H2,1-8H3,(H,92,93)(H,94,95)/t80?,81-,82-/m1/s1. The van der Waals surface area contributed by atoms with Crippen molar-refractivity contribution in [3.05, 3.63) is 0 Å². The molecule has 0 saturated heterocycles. The Bertz CT molecular complexity index is 2040. The second kappa shape index (κ2) is 74.8. The van der Waals surface area contributed by atoms with E-state index in [-0.39, 0.29) is 25.7 Å². The van der Waals surface area contributed by atoms with Crippen molar-refractivity contribution < 1.29 is 80.2 Å². The fourth-order valence-corrected chi connectivity index (χ4v) is 14.9. The molecule has 0 aliphatic rings. The molecule has 0 amide bonds. The molecule has 0 aliphatic carbocycles. The molecule has 0 rings (SSSR count). The first-order valence-corrected chi connectivity index (χ1v) is 47.2. The van der Waals surface area contributed by atoms with Crippen molar-refractivity contribution in [3.63, 3.8) is 0 Å². The summed E-state index contributed by atoms with van der Waals surface area (Å²) in [6.45, 7) is 14.3. The molecule has 0 heterocycles. The predicted octanol–water partition coefficient (Wildman–Crippen LogP) is 25.9. The van der Waals surface area contributed by atoms with E-state index in [4.69, 9.17) is 37.0 Å². The van der Waals surface area contributed by atoms with Gasteiger partial charge in [-0.05, 0) is 49.4 Å². The number of carbonyl (C=O) groups is 4. The van der Waals surface area contributed by atoms with Gasteiger partial charge in [0, 0.05) is 25.7 Å². The minimum Gasteiger partial charge on any atom is -0.462 e. The van der Waals surface area contributed by atoms with E-state index in [2.05, 4.69) is 55.4 Å². The van der Waals surface area contributed by atoms with Gasteiger partial charge in [-0.15, -0.1) is 0 Å². The molecule has 0 radical (unpaired) electrons. The average molecular weight is 1540 g/mol. The fourth-order valence-electron chi connectivity index (χ4n) is 13.3. The summed E-state index contributed by atoms with van der Waals surface area (Å²) >= 11 is 0. The Morgan fingerprint density at radius 3 is 0.590 bits per heavy atom. The van der Waals surface area contributed by atoms with Crippen LogP contribution >= 0.6 is 15.6 Å². The van der Waals surface area contributed by atoms with Crippen LogP contribution in [0.4, 0.5) is 0 Å². The van der Waals surface area contributed by atoms with Gasteiger partial charge < -0.3 is 33.8 Å². The summed E-state index contributed by atoms with van der Waals surface area (Å²) in [4.78, 5) is 73.2. The molecule has 5 atom stereocenters. The maximum atomic E-state index is 13.1. The monoisotopic (exact) mass is 1540 g/mol. The number of esters is 4. The third-order valence-electron chi connectivity index (χ3n) is 20.1. The van der Waals surface area contributed by atoms with Crippen LogP contribution in [0.25, 0.3) is 0 Å².